The minimum Gasteiger partial charge on any atom is -0.496 e. The lowest BCUT2D eigenvalue weighted by molar-refractivity contribution is -0.119. The number of unbranched alkanes of at least 4 members (excludes halogenated alkanes) is 1. The monoisotopic (exact) mass is 500 g/mol. The van der Waals surface area contributed by atoms with Crippen LogP contribution in [-0.2, 0) is 4.79 Å². The average Bonchev–Trinajstić information content (AvgIpc) is 2.82. The van der Waals surface area contributed by atoms with Gasteiger partial charge < -0.3 is 10.5 Å². The summed E-state index contributed by atoms with van der Waals surface area (Å²) in [6.45, 7) is 1.85. The number of carbonyl (C=O) groups is 1. The fourth-order valence-corrected chi connectivity index (χ4v) is 4.15. The second-order valence-electron chi connectivity index (χ2n) is 7.77. The molecule has 0 bridgehead atoms. The molecule has 0 radical (unpaired) electrons. The highest BCUT2D eigenvalue weighted by Crippen LogP contribution is 2.35. The van der Waals surface area contributed by atoms with Gasteiger partial charge in [-0.1, -0.05) is 18.6 Å². The Kier molecular flexibility index (Phi) is 8.90. The summed E-state index contributed by atoms with van der Waals surface area (Å²) in [5.74, 6) is -0.221. The van der Waals surface area contributed by atoms with E-state index in [1.807, 2.05) is 19.1 Å². The van der Waals surface area contributed by atoms with Crippen LogP contribution in [0.5, 0.6) is 5.75 Å². The van der Waals surface area contributed by atoms with Crippen LogP contribution in [0.25, 0.3) is 11.1 Å². The first kappa shape index (κ1) is 25.5. The second kappa shape index (κ2) is 11.9. The van der Waals surface area contributed by atoms with Gasteiger partial charge in [-0.2, -0.15) is 10.2 Å². The Bertz CT molecular complexity index is 1160. The van der Waals surface area contributed by atoms with Gasteiger partial charge in [0.05, 0.1) is 30.6 Å². The molecule has 0 fully saturated rings. The van der Waals surface area contributed by atoms with Gasteiger partial charge in [0.25, 0.3) is 0 Å². The number of aromatic nitrogens is 2. The first-order valence-electron chi connectivity index (χ1n) is 10.8. The molecule has 2 aromatic carbocycles. The summed E-state index contributed by atoms with van der Waals surface area (Å²) in [4.78, 5) is 15.0. The van der Waals surface area contributed by atoms with Gasteiger partial charge in [0.1, 0.15) is 11.6 Å². The average molecular weight is 501 g/mol. The molecule has 0 aliphatic rings. The Hall–Kier alpha value is -3.10. The van der Waals surface area contributed by atoms with Crippen molar-refractivity contribution in [1.29, 1.82) is 0 Å². The Morgan fingerprint density at radius 2 is 1.94 bits per heavy atom. The number of halogens is 2. The highest BCUT2D eigenvalue weighted by molar-refractivity contribution is 7.80. The van der Waals surface area contributed by atoms with Crippen LogP contribution in [0.4, 0.5) is 10.1 Å². The predicted molar refractivity (Wildman–Crippen MR) is 137 cm³/mol. The zero-order valence-corrected chi connectivity index (χ0v) is 20.6. The molecule has 1 atom stereocenters. The number of nitrogens with zero attached hydrogens (tertiary/aromatic N) is 3. The Morgan fingerprint density at radius 1 is 1.21 bits per heavy atom. The molecule has 3 rings (SSSR count). The van der Waals surface area contributed by atoms with Crippen LogP contribution in [-0.4, -0.2) is 34.2 Å². The number of benzene rings is 2. The Morgan fingerprint density at radius 3 is 2.56 bits per heavy atom. The van der Waals surface area contributed by atoms with Crippen molar-refractivity contribution in [1.82, 2.24) is 10.2 Å². The number of amides is 1. The van der Waals surface area contributed by atoms with Gasteiger partial charge in [-0.15, -0.1) is 11.6 Å². The third-order valence-electron chi connectivity index (χ3n) is 5.42. The van der Waals surface area contributed by atoms with E-state index < -0.39 is 5.92 Å². The number of anilines is 1. The molecule has 1 amide bonds. The predicted octanol–water partition coefficient (Wildman–Crippen LogP) is 5.37. The molecule has 2 N–H and O–H groups in total. The first-order valence-corrected chi connectivity index (χ1v) is 11.7. The van der Waals surface area contributed by atoms with E-state index in [9.17, 15) is 9.18 Å². The van der Waals surface area contributed by atoms with Crippen molar-refractivity contribution in [3.05, 3.63) is 71.8 Å². The van der Waals surface area contributed by atoms with Gasteiger partial charge in [0.15, 0.2) is 5.11 Å². The number of alkyl halides is 1. The Labute approximate surface area is 208 Å². The van der Waals surface area contributed by atoms with Crippen molar-refractivity contribution in [3.63, 3.8) is 0 Å². The lowest BCUT2D eigenvalue weighted by Crippen LogP contribution is -2.43. The largest absolute Gasteiger partial charge is 0.496 e. The van der Waals surface area contributed by atoms with Gasteiger partial charge in [-0.25, -0.2) is 4.39 Å². The van der Waals surface area contributed by atoms with Gasteiger partial charge in [0.2, 0.25) is 5.91 Å². The third kappa shape index (κ3) is 6.07. The molecule has 9 heteroatoms. The fraction of sp³-hybridized carbons (Fsp3) is 0.280. The minimum absolute atomic E-state index is 0.0920. The maximum absolute atomic E-state index is 13.7. The molecule has 0 saturated heterocycles. The lowest BCUT2D eigenvalue weighted by atomic mass is 9.92. The number of methoxy groups -OCH3 is 1. The molecule has 1 heterocycles. The number of hydrogen-bond acceptors (Lipinski definition) is 5. The van der Waals surface area contributed by atoms with Crippen molar-refractivity contribution in [2.75, 3.05) is 17.9 Å². The van der Waals surface area contributed by atoms with Crippen molar-refractivity contribution < 1.29 is 13.9 Å². The number of hydrogen-bond donors (Lipinski definition) is 1. The summed E-state index contributed by atoms with van der Waals surface area (Å²) in [5, 5.41) is 7.90. The number of ether oxygens (including phenoxy) is 1. The summed E-state index contributed by atoms with van der Waals surface area (Å²) in [5.41, 5.74) is 9.56. The topological polar surface area (TPSA) is 81.3 Å². The van der Waals surface area contributed by atoms with Crippen LogP contribution in [0.15, 0.2) is 54.7 Å². The number of carbonyl (C=O) groups excluding carboxylic acids is 1. The lowest BCUT2D eigenvalue weighted by Gasteiger charge is -2.27. The van der Waals surface area contributed by atoms with E-state index in [4.69, 9.17) is 34.3 Å². The normalized spacial score (nSPS) is 11.6. The van der Waals surface area contributed by atoms with Crippen LogP contribution in [0, 0.1) is 12.7 Å². The van der Waals surface area contributed by atoms with Crippen molar-refractivity contribution in [2.45, 2.75) is 32.1 Å². The molecule has 0 aliphatic heterocycles. The molecule has 0 aliphatic carbocycles. The number of rotatable bonds is 9. The van der Waals surface area contributed by atoms with Crippen LogP contribution >= 0.6 is 23.8 Å². The maximum atomic E-state index is 13.7. The third-order valence-corrected chi connectivity index (χ3v) is 5.87. The van der Waals surface area contributed by atoms with Crippen LogP contribution in [0.3, 0.4) is 0 Å². The van der Waals surface area contributed by atoms with E-state index >= 15 is 0 Å². The molecule has 6 nitrogen and oxygen atoms in total. The van der Waals surface area contributed by atoms with E-state index in [1.165, 1.54) is 17.0 Å². The Balaban J connectivity index is 2.00. The zero-order valence-electron chi connectivity index (χ0n) is 19.0. The van der Waals surface area contributed by atoms with Gasteiger partial charge in [-0.05, 0) is 67.9 Å². The molecule has 1 unspecified atom stereocenters. The SMILES string of the molecule is COc1cc(N(C(=O)C(CCCCCl)c2ccc(F)cc2)C(N)=S)ccc1-c1cnnc(C)c1. The molecule has 3 aromatic rings. The highest BCUT2D eigenvalue weighted by atomic mass is 35.5. The first-order chi connectivity index (χ1) is 16.3. The van der Waals surface area contributed by atoms with E-state index in [-0.39, 0.29) is 16.8 Å². The van der Waals surface area contributed by atoms with Crippen molar-refractivity contribution in [3.8, 4) is 16.9 Å². The fourth-order valence-electron chi connectivity index (χ4n) is 3.77. The van der Waals surface area contributed by atoms with Crippen molar-refractivity contribution in [2.24, 2.45) is 5.73 Å². The van der Waals surface area contributed by atoms with Crippen LogP contribution < -0.4 is 15.4 Å². The van der Waals surface area contributed by atoms with Gasteiger partial charge >= 0.3 is 0 Å². The molecule has 0 saturated carbocycles. The highest BCUT2D eigenvalue weighted by Gasteiger charge is 2.29. The molecule has 178 valence electrons. The van der Waals surface area contributed by atoms with Crippen LogP contribution in [0.2, 0.25) is 0 Å². The summed E-state index contributed by atoms with van der Waals surface area (Å²) in [6, 6.07) is 13.1. The minimum atomic E-state index is -0.567. The summed E-state index contributed by atoms with van der Waals surface area (Å²) in [6.07, 6.45) is 3.64. The van der Waals surface area contributed by atoms with E-state index in [0.717, 1.165) is 29.7 Å². The standard InChI is InChI=1S/C25H26ClFN4O2S/c1-16-13-18(15-29-30-16)21-11-10-20(14-23(21)33-2)31(25(28)34)24(32)22(5-3-4-12-26)17-6-8-19(27)9-7-17/h6-11,13-15,22H,3-5,12H2,1-2H3,(H2,28,34). The summed E-state index contributed by atoms with van der Waals surface area (Å²) >= 11 is 11.1. The molecular weight excluding hydrogens is 475 g/mol. The smallest absolute Gasteiger partial charge is 0.240 e. The van der Waals surface area contributed by atoms with E-state index in [0.29, 0.717) is 29.3 Å². The molecule has 1 aromatic heterocycles. The quantitative estimate of drug-likeness (QED) is 0.242. The van der Waals surface area contributed by atoms with E-state index in [2.05, 4.69) is 10.2 Å². The summed E-state index contributed by atoms with van der Waals surface area (Å²) < 4.78 is 19.1. The summed E-state index contributed by atoms with van der Waals surface area (Å²) in [7, 11) is 1.55. The molecule has 34 heavy (non-hydrogen) atoms. The van der Waals surface area contributed by atoms with Crippen molar-refractivity contribution >= 4 is 40.5 Å². The zero-order chi connectivity index (χ0) is 24.7. The number of thiocarbonyl (C=S) groups is 1. The molecule has 0 spiro atoms. The number of nitrogens with two attached hydrogens (primary N) is 1. The second-order valence-corrected chi connectivity index (χ2v) is 8.57. The maximum Gasteiger partial charge on any atom is 0.240 e. The van der Waals surface area contributed by atoms with Gasteiger partial charge in [0, 0.05) is 23.1 Å². The van der Waals surface area contributed by atoms with Gasteiger partial charge in [-0.3, -0.25) is 9.69 Å². The molecular formula is C25H26ClFN4O2S. The van der Waals surface area contributed by atoms with E-state index in [1.54, 1.807) is 37.6 Å². The van der Waals surface area contributed by atoms with Crippen LogP contribution in [0.1, 0.15) is 36.4 Å². The number of aryl methyl sites for hydroxylation is 1.